The van der Waals surface area contributed by atoms with E-state index in [-0.39, 0.29) is 0 Å². The molecule has 0 amide bonds. The molecule has 1 heterocycles. The number of anilines is 1. The van der Waals surface area contributed by atoms with E-state index in [0.29, 0.717) is 16.7 Å². The van der Waals surface area contributed by atoms with Crippen LogP contribution in [0.25, 0.3) is 16.7 Å². The molecule has 0 atom stereocenters. The van der Waals surface area contributed by atoms with Gasteiger partial charge in [-0.2, -0.15) is 0 Å². The van der Waals surface area contributed by atoms with Gasteiger partial charge < -0.3 is 10.5 Å². The molecule has 4 nitrogen and oxygen atoms in total. The predicted octanol–water partition coefficient (Wildman–Crippen LogP) is 3.87. The van der Waals surface area contributed by atoms with Crippen molar-refractivity contribution in [2.75, 3.05) is 12.8 Å². The smallest absolute Gasteiger partial charge is 0.206 e. The Balaban J connectivity index is 2.34. The van der Waals surface area contributed by atoms with Gasteiger partial charge in [-0.05, 0) is 59.0 Å². The first-order chi connectivity index (χ1) is 9.60. The van der Waals surface area contributed by atoms with Crippen molar-refractivity contribution in [1.29, 1.82) is 0 Å². The zero-order chi connectivity index (χ0) is 14.3. The van der Waals surface area contributed by atoms with Gasteiger partial charge in [0.2, 0.25) is 5.95 Å². The summed E-state index contributed by atoms with van der Waals surface area (Å²) in [5, 5.41) is 0.618. The zero-order valence-corrected chi connectivity index (χ0v) is 13.5. The first-order valence-electron chi connectivity index (χ1n) is 5.87. The lowest BCUT2D eigenvalue weighted by Gasteiger charge is -2.12. The molecule has 0 spiro atoms. The Morgan fingerprint density at radius 2 is 2.05 bits per heavy atom. The second-order valence-electron chi connectivity index (χ2n) is 4.25. The van der Waals surface area contributed by atoms with Gasteiger partial charge in [-0.1, -0.05) is 11.6 Å². The molecule has 2 N–H and O–H groups in total. The standard InChI is InChI=1S/C14H11ClIN3O/c1-20-13-5-2-8(15)6-12(13)19-11-4-3-9(16)7-10(11)18-14(19)17/h2-7H,1H3,(H2,17,18). The van der Waals surface area contributed by atoms with Crippen molar-refractivity contribution in [3.8, 4) is 11.4 Å². The van der Waals surface area contributed by atoms with Gasteiger partial charge >= 0.3 is 0 Å². The second-order valence-corrected chi connectivity index (χ2v) is 5.94. The van der Waals surface area contributed by atoms with Crippen LogP contribution in [0.3, 0.4) is 0 Å². The fourth-order valence-corrected chi connectivity index (χ4v) is 2.80. The molecule has 0 fully saturated rings. The molecule has 1 aromatic heterocycles. The molecule has 20 heavy (non-hydrogen) atoms. The maximum Gasteiger partial charge on any atom is 0.206 e. The average Bonchev–Trinajstić information content (AvgIpc) is 2.73. The molecule has 0 bridgehead atoms. The average molecular weight is 400 g/mol. The highest BCUT2D eigenvalue weighted by Gasteiger charge is 2.14. The lowest BCUT2D eigenvalue weighted by atomic mass is 10.2. The molecule has 3 aromatic rings. The Bertz CT molecular complexity index is 800. The molecule has 102 valence electrons. The van der Waals surface area contributed by atoms with Crippen LogP contribution in [-0.2, 0) is 0 Å². The number of aromatic nitrogens is 2. The minimum absolute atomic E-state index is 0.405. The Labute approximate surface area is 134 Å². The zero-order valence-electron chi connectivity index (χ0n) is 10.6. The molecule has 0 radical (unpaired) electrons. The number of hydrogen-bond acceptors (Lipinski definition) is 3. The van der Waals surface area contributed by atoms with E-state index in [4.69, 9.17) is 22.1 Å². The topological polar surface area (TPSA) is 53.1 Å². The number of benzene rings is 2. The highest BCUT2D eigenvalue weighted by atomic mass is 127. The van der Waals surface area contributed by atoms with Crippen LogP contribution in [0.1, 0.15) is 0 Å². The highest BCUT2D eigenvalue weighted by molar-refractivity contribution is 14.1. The molecule has 3 rings (SSSR count). The third kappa shape index (κ3) is 2.20. The summed E-state index contributed by atoms with van der Waals surface area (Å²) in [6.45, 7) is 0. The molecular weight excluding hydrogens is 389 g/mol. The predicted molar refractivity (Wildman–Crippen MR) is 89.8 cm³/mol. The third-order valence-electron chi connectivity index (χ3n) is 3.02. The van der Waals surface area contributed by atoms with Gasteiger partial charge in [0, 0.05) is 8.59 Å². The van der Waals surface area contributed by atoms with Gasteiger partial charge in [0.25, 0.3) is 0 Å². The van der Waals surface area contributed by atoms with Crippen LogP contribution in [0.2, 0.25) is 5.02 Å². The summed E-state index contributed by atoms with van der Waals surface area (Å²) >= 11 is 8.34. The van der Waals surface area contributed by atoms with Crippen LogP contribution in [0.5, 0.6) is 5.75 Å². The van der Waals surface area contributed by atoms with E-state index in [2.05, 4.69) is 27.6 Å². The SMILES string of the molecule is COc1ccc(Cl)cc1-n1c(N)nc2cc(I)ccc21. The van der Waals surface area contributed by atoms with E-state index in [0.717, 1.165) is 20.3 Å². The lowest BCUT2D eigenvalue weighted by molar-refractivity contribution is 0.413. The fraction of sp³-hybridized carbons (Fsp3) is 0.0714. The van der Waals surface area contributed by atoms with Crippen molar-refractivity contribution < 1.29 is 4.74 Å². The van der Waals surface area contributed by atoms with Crippen molar-refractivity contribution in [1.82, 2.24) is 9.55 Å². The molecule has 0 aliphatic carbocycles. The molecule has 0 aliphatic heterocycles. The summed E-state index contributed by atoms with van der Waals surface area (Å²) in [4.78, 5) is 4.39. The highest BCUT2D eigenvalue weighted by Crippen LogP contribution is 2.32. The van der Waals surface area contributed by atoms with Crippen LogP contribution in [-0.4, -0.2) is 16.7 Å². The molecule has 6 heteroatoms. The van der Waals surface area contributed by atoms with Crippen LogP contribution in [0, 0.1) is 3.57 Å². The van der Waals surface area contributed by atoms with E-state index in [1.54, 1.807) is 13.2 Å². The van der Waals surface area contributed by atoms with Gasteiger partial charge in [0.1, 0.15) is 5.75 Å². The quantitative estimate of drug-likeness (QED) is 0.666. The Morgan fingerprint density at radius 1 is 1.25 bits per heavy atom. The number of ether oxygens (including phenoxy) is 1. The Kier molecular flexibility index (Phi) is 3.47. The van der Waals surface area contributed by atoms with Gasteiger partial charge in [-0.25, -0.2) is 4.98 Å². The van der Waals surface area contributed by atoms with Crippen molar-refractivity contribution in [3.05, 3.63) is 45.0 Å². The van der Waals surface area contributed by atoms with Crippen molar-refractivity contribution >= 4 is 51.2 Å². The maximum absolute atomic E-state index is 6.09. The van der Waals surface area contributed by atoms with Crippen LogP contribution < -0.4 is 10.5 Å². The number of methoxy groups -OCH3 is 1. The summed E-state index contributed by atoms with van der Waals surface area (Å²) in [5.41, 5.74) is 8.60. The largest absolute Gasteiger partial charge is 0.495 e. The summed E-state index contributed by atoms with van der Waals surface area (Å²) in [6.07, 6.45) is 0. The molecule has 0 unspecified atom stereocenters. The molecular formula is C14H11ClIN3O. The molecule has 0 saturated carbocycles. The summed E-state index contributed by atoms with van der Waals surface area (Å²) in [7, 11) is 1.62. The Hall–Kier alpha value is -1.47. The monoisotopic (exact) mass is 399 g/mol. The first kappa shape index (κ1) is 13.5. The minimum Gasteiger partial charge on any atom is -0.495 e. The fourth-order valence-electron chi connectivity index (χ4n) is 2.16. The first-order valence-corrected chi connectivity index (χ1v) is 7.33. The number of imidazole rings is 1. The molecule has 0 aliphatic rings. The van der Waals surface area contributed by atoms with Crippen LogP contribution >= 0.6 is 34.2 Å². The lowest BCUT2D eigenvalue weighted by Crippen LogP contribution is -2.02. The van der Waals surface area contributed by atoms with Crippen LogP contribution in [0.15, 0.2) is 36.4 Å². The van der Waals surface area contributed by atoms with E-state index < -0.39 is 0 Å². The number of fused-ring (bicyclic) bond motifs is 1. The third-order valence-corrected chi connectivity index (χ3v) is 3.93. The number of halogens is 2. The summed E-state index contributed by atoms with van der Waals surface area (Å²) in [5.74, 6) is 1.10. The van der Waals surface area contributed by atoms with Crippen molar-refractivity contribution in [3.63, 3.8) is 0 Å². The van der Waals surface area contributed by atoms with Crippen molar-refractivity contribution in [2.45, 2.75) is 0 Å². The number of nitrogen functional groups attached to an aromatic ring is 1. The Morgan fingerprint density at radius 3 is 2.80 bits per heavy atom. The van der Waals surface area contributed by atoms with Gasteiger partial charge in [0.05, 0.1) is 23.8 Å². The van der Waals surface area contributed by atoms with Crippen molar-refractivity contribution in [2.24, 2.45) is 0 Å². The minimum atomic E-state index is 0.405. The number of hydrogen-bond donors (Lipinski definition) is 1. The number of nitrogens with two attached hydrogens (primary N) is 1. The van der Waals surface area contributed by atoms with Crippen LogP contribution in [0.4, 0.5) is 5.95 Å². The normalized spacial score (nSPS) is 10.9. The molecule has 0 saturated heterocycles. The summed E-state index contributed by atoms with van der Waals surface area (Å²) in [6, 6.07) is 11.4. The number of rotatable bonds is 2. The van der Waals surface area contributed by atoms with E-state index in [1.165, 1.54) is 0 Å². The van der Waals surface area contributed by atoms with E-state index >= 15 is 0 Å². The van der Waals surface area contributed by atoms with Gasteiger partial charge in [-0.15, -0.1) is 0 Å². The van der Waals surface area contributed by atoms with Gasteiger partial charge in [-0.3, -0.25) is 4.57 Å². The second kappa shape index (κ2) is 5.14. The summed E-state index contributed by atoms with van der Waals surface area (Å²) < 4.78 is 8.34. The number of nitrogens with zero attached hydrogens (tertiary/aromatic N) is 2. The van der Waals surface area contributed by atoms with Gasteiger partial charge in [0.15, 0.2) is 0 Å². The maximum atomic E-state index is 6.09. The molecule has 2 aromatic carbocycles. The van der Waals surface area contributed by atoms with E-state index in [9.17, 15) is 0 Å². The van der Waals surface area contributed by atoms with E-state index in [1.807, 2.05) is 34.9 Å².